The first-order valence-electron chi connectivity index (χ1n) is 7.27. The van der Waals surface area contributed by atoms with Gasteiger partial charge in [0.15, 0.2) is 18.1 Å². The number of phenolic OH excluding ortho intramolecular Hbond substituents is 1. The van der Waals surface area contributed by atoms with Gasteiger partial charge in [0.1, 0.15) is 0 Å². The van der Waals surface area contributed by atoms with E-state index in [1.54, 1.807) is 12.1 Å². The van der Waals surface area contributed by atoms with Crippen molar-refractivity contribution in [3.05, 3.63) is 55.0 Å². The molecule has 0 spiro atoms. The fourth-order valence-electron chi connectivity index (χ4n) is 1.97. The van der Waals surface area contributed by atoms with Crippen LogP contribution >= 0.6 is 31.9 Å². The second kappa shape index (κ2) is 9.33. The van der Waals surface area contributed by atoms with Crippen LogP contribution in [0, 0.1) is 10.1 Å². The summed E-state index contributed by atoms with van der Waals surface area (Å²) in [6, 6.07) is 7.38. The van der Waals surface area contributed by atoms with Crippen LogP contribution in [0.25, 0.3) is 0 Å². The number of carbonyl (C=O) groups excluding carboxylic acids is 1. The molecule has 2 N–H and O–H groups in total. The van der Waals surface area contributed by atoms with Crippen molar-refractivity contribution in [1.29, 1.82) is 0 Å². The number of nitrogens with zero attached hydrogens (tertiary/aromatic N) is 2. The zero-order chi connectivity index (χ0) is 20.0. The van der Waals surface area contributed by atoms with Crippen molar-refractivity contribution in [2.24, 2.45) is 5.10 Å². The van der Waals surface area contributed by atoms with Crippen LogP contribution in [0.15, 0.2) is 44.4 Å². The number of rotatable bonds is 7. The Balaban J connectivity index is 1.99. The Bertz CT molecular complexity index is 904. The highest BCUT2D eigenvalue weighted by atomic mass is 79.9. The average Bonchev–Trinajstić information content (AvgIpc) is 2.61. The molecule has 2 aromatic carbocycles. The molecule has 0 aliphatic carbocycles. The van der Waals surface area contributed by atoms with Gasteiger partial charge in [-0.1, -0.05) is 22.0 Å². The molecule has 142 valence electrons. The summed E-state index contributed by atoms with van der Waals surface area (Å²) < 4.78 is 12.0. The summed E-state index contributed by atoms with van der Waals surface area (Å²) in [7, 11) is 1.47. The second-order valence-electron chi connectivity index (χ2n) is 4.97. The number of hydrazone groups is 1. The van der Waals surface area contributed by atoms with E-state index >= 15 is 0 Å². The molecule has 1 amide bonds. The van der Waals surface area contributed by atoms with Gasteiger partial charge in [0, 0.05) is 16.1 Å². The fraction of sp³-hybridized carbons (Fsp3) is 0.125. The van der Waals surface area contributed by atoms with Gasteiger partial charge in [0.2, 0.25) is 5.75 Å². The zero-order valence-corrected chi connectivity index (χ0v) is 17.0. The Hall–Kier alpha value is -2.66. The van der Waals surface area contributed by atoms with Crippen LogP contribution in [0.4, 0.5) is 5.69 Å². The van der Waals surface area contributed by atoms with E-state index in [2.05, 4.69) is 42.4 Å². The maximum atomic E-state index is 11.9. The van der Waals surface area contributed by atoms with E-state index in [1.165, 1.54) is 19.2 Å². The molecule has 0 aliphatic heterocycles. The van der Waals surface area contributed by atoms with Crippen LogP contribution in [0.3, 0.4) is 0 Å². The Morgan fingerprint density at radius 2 is 2.15 bits per heavy atom. The van der Waals surface area contributed by atoms with Gasteiger partial charge in [-0.25, -0.2) is 5.43 Å². The van der Waals surface area contributed by atoms with Crippen molar-refractivity contribution < 1.29 is 24.3 Å². The number of hydrogen-bond donors (Lipinski definition) is 2. The van der Waals surface area contributed by atoms with Crippen LogP contribution in [-0.2, 0) is 4.79 Å². The molecular formula is C16H13Br2N3O6. The van der Waals surface area contributed by atoms with Crippen LogP contribution in [0.2, 0.25) is 0 Å². The van der Waals surface area contributed by atoms with Crippen molar-refractivity contribution >= 4 is 49.7 Å². The number of benzene rings is 2. The lowest BCUT2D eigenvalue weighted by molar-refractivity contribution is -0.385. The summed E-state index contributed by atoms with van der Waals surface area (Å²) >= 11 is 6.64. The van der Waals surface area contributed by atoms with Gasteiger partial charge in [0.25, 0.3) is 5.91 Å². The second-order valence-corrected chi connectivity index (χ2v) is 6.74. The van der Waals surface area contributed by atoms with Crippen LogP contribution in [-0.4, -0.2) is 35.9 Å². The lowest BCUT2D eigenvalue weighted by Crippen LogP contribution is -2.24. The van der Waals surface area contributed by atoms with Gasteiger partial charge in [0.05, 0.1) is 22.7 Å². The maximum Gasteiger partial charge on any atom is 0.311 e. The number of aromatic hydroxyl groups is 1. The van der Waals surface area contributed by atoms with Crippen molar-refractivity contribution in [1.82, 2.24) is 5.43 Å². The summed E-state index contributed by atoms with van der Waals surface area (Å²) in [5, 5.41) is 24.2. The molecule has 0 radical (unpaired) electrons. The number of nitro groups is 1. The number of methoxy groups -OCH3 is 1. The topological polar surface area (TPSA) is 123 Å². The number of carbonyl (C=O) groups is 1. The summed E-state index contributed by atoms with van der Waals surface area (Å²) in [6.45, 7) is -0.352. The van der Waals surface area contributed by atoms with Gasteiger partial charge >= 0.3 is 5.69 Å². The third kappa shape index (κ3) is 5.41. The first-order chi connectivity index (χ1) is 12.8. The SMILES string of the molecule is COc1cc(Br)cc(Br)c1OCC(=O)N/N=C/c1cccc([N+](=O)[O-])c1O. The molecule has 9 nitrogen and oxygen atoms in total. The molecule has 0 aromatic heterocycles. The van der Waals surface area contributed by atoms with Gasteiger partial charge < -0.3 is 14.6 Å². The predicted octanol–water partition coefficient (Wildman–Crippen LogP) is 3.36. The summed E-state index contributed by atoms with van der Waals surface area (Å²) in [4.78, 5) is 21.9. The van der Waals surface area contributed by atoms with Crippen molar-refractivity contribution in [3.8, 4) is 17.2 Å². The number of amides is 1. The third-order valence-corrected chi connectivity index (χ3v) is 4.22. The van der Waals surface area contributed by atoms with Gasteiger partial charge in [-0.2, -0.15) is 5.10 Å². The van der Waals surface area contributed by atoms with E-state index in [0.717, 1.165) is 16.8 Å². The summed E-state index contributed by atoms with van der Waals surface area (Å²) in [6.07, 6.45) is 1.09. The Labute approximate surface area is 170 Å². The molecule has 0 unspecified atom stereocenters. The normalized spacial score (nSPS) is 10.6. The lowest BCUT2D eigenvalue weighted by Gasteiger charge is -2.12. The standard InChI is InChI=1S/C16H13Br2N3O6/c1-26-13-6-10(17)5-11(18)16(13)27-8-14(22)20-19-7-9-3-2-4-12(15(9)23)21(24)25/h2-7,23H,8H2,1H3,(H,20,22)/b19-7+. The average molecular weight is 503 g/mol. The van der Waals surface area contributed by atoms with Crippen molar-refractivity contribution in [2.75, 3.05) is 13.7 Å². The molecule has 0 bridgehead atoms. The largest absolute Gasteiger partial charge is 0.502 e. The molecule has 11 heteroatoms. The molecule has 0 heterocycles. The quantitative estimate of drug-likeness (QED) is 0.340. The Morgan fingerprint density at radius 3 is 2.81 bits per heavy atom. The minimum absolute atomic E-state index is 0.0859. The molecule has 2 rings (SSSR count). The molecule has 2 aromatic rings. The minimum Gasteiger partial charge on any atom is -0.502 e. The van der Waals surface area contributed by atoms with E-state index in [1.807, 2.05) is 0 Å². The maximum absolute atomic E-state index is 11.9. The molecular weight excluding hydrogens is 490 g/mol. The summed E-state index contributed by atoms with van der Waals surface area (Å²) in [5.41, 5.74) is 1.83. The van der Waals surface area contributed by atoms with Gasteiger partial charge in [-0.05, 0) is 34.1 Å². The van der Waals surface area contributed by atoms with Crippen LogP contribution in [0.1, 0.15) is 5.56 Å². The Kier molecular flexibility index (Phi) is 7.13. The lowest BCUT2D eigenvalue weighted by atomic mass is 10.2. The highest BCUT2D eigenvalue weighted by molar-refractivity contribution is 9.11. The molecule has 0 saturated carbocycles. The highest BCUT2D eigenvalue weighted by Gasteiger charge is 2.15. The van der Waals surface area contributed by atoms with E-state index in [4.69, 9.17) is 9.47 Å². The number of nitrogens with one attached hydrogen (secondary N) is 1. The van der Waals surface area contributed by atoms with E-state index in [-0.39, 0.29) is 12.2 Å². The third-order valence-electron chi connectivity index (χ3n) is 3.18. The van der Waals surface area contributed by atoms with E-state index < -0.39 is 22.3 Å². The van der Waals surface area contributed by atoms with Crippen molar-refractivity contribution in [2.45, 2.75) is 0 Å². The van der Waals surface area contributed by atoms with Crippen LogP contribution < -0.4 is 14.9 Å². The summed E-state index contributed by atoms with van der Waals surface area (Å²) in [5.74, 6) is -0.349. The number of halogens is 2. The number of para-hydroxylation sites is 1. The van der Waals surface area contributed by atoms with Crippen molar-refractivity contribution in [3.63, 3.8) is 0 Å². The van der Waals surface area contributed by atoms with Gasteiger partial charge in [-0.15, -0.1) is 0 Å². The van der Waals surface area contributed by atoms with E-state index in [9.17, 15) is 20.0 Å². The van der Waals surface area contributed by atoms with Crippen LogP contribution in [0.5, 0.6) is 17.2 Å². The number of ether oxygens (including phenoxy) is 2. The molecule has 0 fully saturated rings. The number of phenols is 1. The number of hydrogen-bond acceptors (Lipinski definition) is 7. The fourth-order valence-corrected chi connectivity index (χ4v) is 3.27. The highest BCUT2D eigenvalue weighted by Crippen LogP contribution is 2.38. The first kappa shape index (κ1) is 20.6. The molecule has 0 atom stereocenters. The Morgan fingerprint density at radius 1 is 1.41 bits per heavy atom. The molecule has 27 heavy (non-hydrogen) atoms. The smallest absolute Gasteiger partial charge is 0.311 e. The van der Waals surface area contributed by atoms with E-state index in [0.29, 0.717) is 16.0 Å². The molecule has 0 saturated heterocycles. The molecule has 0 aliphatic rings. The zero-order valence-electron chi connectivity index (χ0n) is 13.8. The van der Waals surface area contributed by atoms with Gasteiger partial charge in [-0.3, -0.25) is 14.9 Å². The first-order valence-corrected chi connectivity index (χ1v) is 8.86. The predicted molar refractivity (Wildman–Crippen MR) is 104 cm³/mol. The number of nitro benzene ring substituents is 1. The minimum atomic E-state index is -0.720. The monoisotopic (exact) mass is 501 g/mol.